The Kier molecular flexibility index (Phi) is 19.4. The molecule has 2 nitrogen and oxygen atoms in total. The van der Waals surface area contributed by atoms with E-state index in [-0.39, 0.29) is 0 Å². The fourth-order valence-corrected chi connectivity index (χ4v) is 4.95. The minimum Gasteiger partial charge on any atom is -0.356 e. The van der Waals surface area contributed by atoms with Crippen LogP contribution in [0.3, 0.4) is 0 Å². The van der Waals surface area contributed by atoms with Gasteiger partial charge in [0.2, 0.25) is 0 Å². The lowest BCUT2D eigenvalue weighted by atomic mass is 10.1. The molecule has 31 heavy (non-hydrogen) atoms. The molecule has 184 valence electrons. The van der Waals surface area contributed by atoms with Crippen molar-refractivity contribution in [3.05, 3.63) is 12.4 Å². The van der Waals surface area contributed by atoms with Gasteiger partial charge in [0.1, 0.15) is 6.17 Å². The highest BCUT2D eigenvalue weighted by Gasteiger charge is 2.24. The highest BCUT2D eigenvalue weighted by atomic mass is 15.4. The van der Waals surface area contributed by atoms with Crippen molar-refractivity contribution in [2.45, 2.75) is 162 Å². The highest BCUT2D eigenvalue weighted by molar-refractivity contribution is 4.97. The highest BCUT2D eigenvalue weighted by Crippen LogP contribution is 2.23. The number of nitrogens with zero attached hydrogens (tertiary/aromatic N) is 2. The van der Waals surface area contributed by atoms with Gasteiger partial charge in [0.25, 0.3) is 0 Å². The van der Waals surface area contributed by atoms with Gasteiger partial charge in [-0.15, -0.1) is 0 Å². The molecule has 1 rings (SSSR count). The molecule has 1 unspecified atom stereocenters. The Morgan fingerprint density at radius 1 is 0.419 bits per heavy atom. The molecule has 0 bridgehead atoms. The largest absolute Gasteiger partial charge is 0.356 e. The molecule has 1 atom stereocenters. The minimum atomic E-state index is 0.644. The first kappa shape index (κ1) is 28.4. The third-order valence-electron chi connectivity index (χ3n) is 7.07. The zero-order valence-electron chi connectivity index (χ0n) is 21.9. The first-order valence-electron chi connectivity index (χ1n) is 14.5. The second kappa shape index (κ2) is 21.2. The third kappa shape index (κ3) is 14.9. The lowest BCUT2D eigenvalue weighted by Gasteiger charge is -2.33. The standard InChI is InChI=1S/C29H58N2/c1-4-7-10-13-15-16-18-20-23-26-31-28-27-30(29(31)24-21-12-9-6-3)25-22-19-17-14-11-8-5-2/h27-29H,4-26H2,1-3H3. The van der Waals surface area contributed by atoms with Gasteiger partial charge in [-0.2, -0.15) is 0 Å². The minimum absolute atomic E-state index is 0.644. The lowest BCUT2D eigenvalue weighted by molar-refractivity contribution is 0.135. The van der Waals surface area contributed by atoms with Crippen LogP contribution in [0.4, 0.5) is 0 Å². The molecular formula is C29H58N2. The van der Waals surface area contributed by atoms with Crippen LogP contribution >= 0.6 is 0 Å². The summed E-state index contributed by atoms with van der Waals surface area (Å²) in [5.41, 5.74) is 0. The van der Waals surface area contributed by atoms with Crippen LogP contribution in [0.25, 0.3) is 0 Å². The molecule has 0 aromatic rings. The van der Waals surface area contributed by atoms with Crippen LogP contribution in [0.5, 0.6) is 0 Å². The zero-order valence-corrected chi connectivity index (χ0v) is 21.9. The van der Waals surface area contributed by atoms with E-state index in [2.05, 4.69) is 43.0 Å². The van der Waals surface area contributed by atoms with Crippen molar-refractivity contribution in [3.8, 4) is 0 Å². The van der Waals surface area contributed by atoms with Crippen molar-refractivity contribution in [3.63, 3.8) is 0 Å². The summed E-state index contributed by atoms with van der Waals surface area (Å²) in [6.45, 7) is 9.45. The summed E-state index contributed by atoms with van der Waals surface area (Å²) in [6, 6.07) is 0. The van der Waals surface area contributed by atoms with Gasteiger partial charge < -0.3 is 9.80 Å². The Hall–Kier alpha value is -0.660. The van der Waals surface area contributed by atoms with E-state index in [9.17, 15) is 0 Å². The Morgan fingerprint density at radius 2 is 0.742 bits per heavy atom. The number of unbranched alkanes of at least 4 members (excludes halogenated alkanes) is 17. The van der Waals surface area contributed by atoms with Crippen LogP contribution in [-0.2, 0) is 0 Å². The Balaban J connectivity index is 2.23. The molecule has 0 radical (unpaired) electrons. The maximum Gasteiger partial charge on any atom is 0.101 e. The molecule has 1 heterocycles. The van der Waals surface area contributed by atoms with Crippen LogP contribution in [0.15, 0.2) is 12.4 Å². The topological polar surface area (TPSA) is 6.48 Å². The average molecular weight is 435 g/mol. The van der Waals surface area contributed by atoms with E-state index < -0.39 is 0 Å². The molecule has 0 aliphatic carbocycles. The van der Waals surface area contributed by atoms with Gasteiger partial charge in [-0.3, -0.25) is 0 Å². The number of rotatable bonds is 23. The van der Waals surface area contributed by atoms with Gasteiger partial charge in [-0.05, 0) is 25.7 Å². The molecule has 0 aromatic carbocycles. The summed E-state index contributed by atoms with van der Waals surface area (Å²) >= 11 is 0. The number of hydrogen-bond acceptors (Lipinski definition) is 2. The van der Waals surface area contributed by atoms with Gasteiger partial charge in [0, 0.05) is 25.5 Å². The monoisotopic (exact) mass is 434 g/mol. The van der Waals surface area contributed by atoms with E-state index in [1.165, 1.54) is 148 Å². The first-order valence-corrected chi connectivity index (χ1v) is 14.5. The van der Waals surface area contributed by atoms with Crippen molar-refractivity contribution in [2.24, 2.45) is 0 Å². The Morgan fingerprint density at radius 3 is 1.13 bits per heavy atom. The van der Waals surface area contributed by atoms with Gasteiger partial charge >= 0.3 is 0 Å². The molecule has 2 heteroatoms. The fraction of sp³-hybridized carbons (Fsp3) is 0.931. The average Bonchev–Trinajstić information content (AvgIpc) is 3.16. The normalized spacial score (nSPS) is 16.0. The predicted molar refractivity (Wildman–Crippen MR) is 140 cm³/mol. The molecule has 0 aromatic heterocycles. The quantitative estimate of drug-likeness (QED) is 0.148. The first-order chi connectivity index (χ1) is 15.3. The van der Waals surface area contributed by atoms with E-state index in [0.29, 0.717) is 6.17 Å². The molecule has 0 amide bonds. The van der Waals surface area contributed by atoms with Gasteiger partial charge in [0.15, 0.2) is 0 Å². The predicted octanol–water partition coefficient (Wildman–Crippen LogP) is 9.65. The van der Waals surface area contributed by atoms with E-state index >= 15 is 0 Å². The lowest BCUT2D eigenvalue weighted by Crippen LogP contribution is -2.39. The van der Waals surface area contributed by atoms with Crippen molar-refractivity contribution < 1.29 is 0 Å². The van der Waals surface area contributed by atoms with Gasteiger partial charge in [0.05, 0.1) is 0 Å². The second-order valence-corrected chi connectivity index (χ2v) is 10.1. The number of hydrogen-bond donors (Lipinski definition) is 0. The van der Waals surface area contributed by atoms with Crippen LogP contribution in [0.2, 0.25) is 0 Å². The fourth-order valence-electron chi connectivity index (χ4n) is 4.95. The van der Waals surface area contributed by atoms with Crippen LogP contribution < -0.4 is 0 Å². The van der Waals surface area contributed by atoms with Crippen LogP contribution in [-0.4, -0.2) is 29.1 Å². The summed E-state index contributed by atoms with van der Waals surface area (Å²) in [6.07, 6.45) is 35.0. The molecule has 1 aliphatic rings. The maximum atomic E-state index is 2.68. The molecular weight excluding hydrogens is 376 g/mol. The molecule has 0 spiro atoms. The summed E-state index contributed by atoms with van der Waals surface area (Å²) in [7, 11) is 0. The van der Waals surface area contributed by atoms with Crippen molar-refractivity contribution >= 4 is 0 Å². The van der Waals surface area contributed by atoms with E-state index in [1.54, 1.807) is 0 Å². The summed E-state index contributed by atoms with van der Waals surface area (Å²) in [4.78, 5) is 5.35. The Bertz CT molecular complexity index is 392. The molecule has 0 saturated heterocycles. The molecule has 0 N–H and O–H groups in total. The van der Waals surface area contributed by atoms with E-state index in [0.717, 1.165) is 0 Å². The zero-order chi connectivity index (χ0) is 22.4. The smallest absolute Gasteiger partial charge is 0.101 e. The third-order valence-corrected chi connectivity index (χ3v) is 7.07. The second-order valence-electron chi connectivity index (χ2n) is 10.1. The maximum absolute atomic E-state index is 2.68. The van der Waals surface area contributed by atoms with Gasteiger partial charge in [-0.1, -0.05) is 130 Å². The molecule has 0 saturated carbocycles. The van der Waals surface area contributed by atoms with E-state index in [4.69, 9.17) is 0 Å². The molecule has 1 aliphatic heterocycles. The molecule has 0 fully saturated rings. The van der Waals surface area contributed by atoms with Crippen molar-refractivity contribution in [1.29, 1.82) is 0 Å². The van der Waals surface area contributed by atoms with Crippen LogP contribution in [0, 0.1) is 0 Å². The van der Waals surface area contributed by atoms with Gasteiger partial charge in [-0.25, -0.2) is 0 Å². The summed E-state index contributed by atoms with van der Waals surface area (Å²) < 4.78 is 0. The summed E-state index contributed by atoms with van der Waals surface area (Å²) in [5.74, 6) is 0. The Labute approximate surface area is 197 Å². The van der Waals surface area contributed by atoms with Crippen molar-refractivity contribution in [2.75, 3.05) is 13.1 Å². The van der Waals surface area contributed by atoms with Crippen molar-refractivity contribution in [1.82, 2.24) is 9.80 Å². The SMILES string of the molecule is CCCCCCCCCCCN1C=CN(CCCCCCCCC)C1CCCCCC. The summed E-state index contributed by atoms with van der Waals surface area (Å²) in [5, 5.41) is 0. The van der Waals surface area contributed by atoms with Crippen LogP contribution in [0.1, 0.15) is 156 Å². The van der Waals surface area contributed by atoms with E-state index in [1.807, 2.05) is 0 Å².